The molecule has 1 atom stereocenters. The van der Waals surface area contributed by atoms with Crippen LogP contribution in [-0.4, -0.2) is 10.5 Å². The van der Waals surface area contributed by atoms with Gasteiger partial charge in [0.05, 0.1) is 0 Å². The number of rotatable bonds is 19. The molecule has 148 valence electrons. The quantitative estimate of drug-likeness (QED) is 0.166. The van der Waals surface area contributed by atoms with Gasteiger partial charge in [-0.2, -0.15) is 0 Å². The highest BCUT2D eigenvalue weighted by atomic mass is 35.5. The SMILES string of the molecule is CCC(CCCCCCCCCCCCCCC(=O)Cl)CCC(=O)Cl. The Morgan fingerprint density at radius 3 is 1.40 bits per heavy atom. The molecule has 0 spiro atoms. The molecule has 0 aliphatic rings. The molecule has 0 rings (SSSR count). The van der Waals surface area contributed by atoms with Gasteiger partial charge in [-0.1, -0.05) is 90.4 Å². The van der Waals surface area contributed by atoms with Gasteiger partial charge in [0.15, 0.2) is 0 Å². The Bertz CT molecular complexity index is 332. The summed E-state index contributed by atoms with van der Waals surface area (Å²) < 4.78 is 0. The molecule has 0 bridgehead atoms. The van der Waals surface area contributed by atoms with Crippen LogP contribution in [-0.2, 0) is 9.59 Å². The first-order valence-electron chi connectivity index (χ1n) is 10.4. The first-order valence-corrected chi connectivity index (χ1v) is 11.2. The number of hydrogen-bond acceptors (Lipinski definition) is 2. The van der Waals surface area contributed by atoms with Crippen LogP contribution in [0.1, 0.15) is 116 Å². The van der Waals surface area contributed by atoms with Crippen molar-refractivity contribution in [1.82, 2.24) is 0 Å². The Morgan fingerprint density at radius 2 is 1.00 bits per heavy atom. The Labute approximate surface area is 165 Å². The molecule has 0 heterocycles. The number of halogens is 2. The molecular formula is C21H38Cl2O2. The van der Waals surface area contributed by atoms with E-state index in [4.69, 9.17) is 23.2 Å². The van der Waals surface area contributed by atoms with Crippen molar-refractivity contribution in [2.24, 2.45) is 5.92 Å². The van der Waals surface area contributed by atoms with E-state index in [1.807, 2.05) is 0 Å². The van der Waals surface area contributed by atoms with E-state index >= 15 is 0 Å². The second-order valence-corrected chi connectivity index (χ2v) is 8.15. The largest absolute Gasteiger partial charge is 0.281 e. The molecule has 0 fully saturated rings. The van der Waals surface area contributed by atoms with Gasteiger partial charge in [0.2, 0.25) is 10.5 Å². The lowest BCUT2D eigenvalue weighted by atomic mass is 9.93. The van der Waals surface area contributed by atoms with Crippen LogP contribution in [0.5, 0.6) is 0 Å². The lowest BCUT2D eigenvalue weighted by Gasteiger charge is -2.13. The number of unbranched alkanes of at least 4 members (excludes halogenated alkanes) is 11. The van der Waals surface area contributed by atoms with Crippen molar-refractivity contribution in [1.29, 1.82) is 0 Å². The number of hydrogen-bond donors (Lipinski definition) is 0. The Hall–Kier alpha value is -0.0800. The molecule has 0 amide bonds. The third kappa shape index (κ3) is 20.1. The first kappa shape index (κ1) is 24.9. The highest BCUT2D eigenvalue weighted by Gasteiger charge is 2.08. The van der Waals surface area contributed by atoms with E-state index in [1.165, 1.54) is 70.6 Å². The van der Waals surface area contributed by atoms with Gasteiger partial charge in [0.1, 0.15) is 0 Å². The molecule has 0 N–H and O–H groups in total. The summed E-state index contributed by atoms with van der Waals surface area (Å²) in [6.07, 6.45) is 19.7. The number of carbonyl (C=O) groups is 2. The summed E-state index contributed by atoms with van der Waals surface area (Å²) in [7, 11) is 0. The van der Waals surface area contributed by atoms with Gasteiger partial charge in [0, 0.05) is 12.8 Å². The van der Waals surface area contributed by atoms with Crippen LogP contribution in [0.25, 0.3) is 0 Å². The Balaban J connectivity index is 3.22. The van der Waals surface area contributed by atoms with E-state index in [9.17, 15) is 9.59 Å². The summed E-state index contributed by atoms with van der Waals surface area (Å²) in [5.41, 5.74) is 0. The van der Waals surface area contributed by atoms with Gasteiger partial charge in [-0.3, -0.25) is 9.59 Å². The Kier molecular flexibility index (Phi) is 18.6. The van der Waals surface area contributed by atoms with E-state index in [-0.39, 0.29) is 10.5 Å². The van der Waals surface area contributed by atoms with E-state index in [2.05, 4.69) is 6.92 Å². The standard InChI is InChI=1S/C21H38Cl2O2/c1-2-19(17-18-21(23)25)15-13-11-9-7-5-3-4-6-8-10-12-14-16-20(22)24/h19H,2-18H2,1H3. The lowest BCUT2D eigenvalue weighted by molar-refractivity contribution is -0.112. The van der Waals surface area contributed by atoms with Crippen LogP contribution in [0.4, 0.5) is 0 Å². The van der Waals surface area contributed by atoms with Crippen molar-refractivity contribution in [3.8, 4) is 0 Å². The predicted molar refractivity (Wildman–Crippen MR) is 109 cm³/mol. The van der Waals surface area contributed by atoms with Gasteiger partial charge >= 0.3 is 0 Å². The minimum atomic E-state index is -0.199. The molecule has 0 aliphatic heterocycles. The fourth-order valence-corrected chi connectivity index (χ4v) is 3.58. The van der Waals surface area contributed by atoms with Gasteiger partial charge in [-0.05, 0) is 42.0 Å². The maximum absolute atomic E-state index is 10.8. The third-order valence-corrected chi connectivity index (χ3v) is 5.44. The van der Waals surface area contributed by atoms with Crippen LogP contribution in [0.15, 0.2) is 0 Å². The van der Waals surface area contributed by atoms with Gasteiger partial charge < -0.3 is 0 Å². The molecule has 0 aromatic rings. The second-order valence-electron chi connectivity index (χ2n) is 7.30. The average Bonchev–Trinajstić information content (AvgIpc) is 2.57. The van der Waals surface area contributed by atoms with E-state index in [0.29, 0.717) is 18.8 Å². The first-order chi connectivity index (χ1) is 12.1. The van der Waals surface area contributed by atoms with Gasteiger partial charge in [0.25, 0.3) is 0 Å². The van der Waals surface area contributed by atoms with Crippen molar-refractivity contribution in [3.05, 3.63) is 0 Å². The summed E-state index contributed by atoms with van der Waals surface area (Å²) in [6.45, 7) is 2.21. The smallest absolute Gasteiger partial charge is 0.221 e. The highest BCUT2D eigenvalue weighted by molar-refractivity contribution is 6.63. The maximum Gasteiger partial charge on any atom is 0.221 e. The molecule has 25 heavy (non-hydrogen) atoms. The second kappa shape index (κ2) is 18.7. The van der Waals surface area contributed by atoms with Crippen LogP contribution in [0.2, 0.25) is 0 Å². The Morgan fingerprint density at radius 1 is 0.600 bits per heavy atom. The van der Waals surface area contributed by atoms with Crippen molar-refractivity contribution >= 4 is 33.7 Å². The maximum atomic E-state index is 10.8. The molecule has 0 aliphatic carbocycles. The fraction of sp³-hybridized carbons (Fsp3) is 0.905. The zero-order valence-corrected chi connectivity index (χ0v) is 17.7. The van der Waals surface area contributed by atoms with E-state index < -0.39 is 0 Å². The topological polar surface area (TPSA) is 34.1 Å². The molecule has 2 nitrogen and oxygen atoms in total. The molecule has 0 radical (unpaired) electrons. The minimum absolute atomic E-state index is 0.191. The molecule has 4 heteroatoms. The van der Waals surface area contributed by atoms with Crippen molar-refractivity contribution < 1.29 is 9.59 Å². The predicted octanol–water partition coefficient (Wildman–Crippen LogP) is 7.79. The molecule has 1 unspecified atom stereocenters. The minimum Gasteiger partial charge on any atom is -0.281 e. The zero-order chi connectivity index (χ0) is 18.8. The third-order valence-electron chi connectivity index (χ3n) is 5.06. The van der Waals surface area contributed by atoms with Gasteiger partial charge in [-0.25, -0.2) is 0 Å². The molecule has 0 saturated heterocycles. The zero-order valence-electron chi connectivity index (χ0n) is 16.2. The summed E-state index contributed by atoms with van der Waals surface area (Å²) in [5, 5.41) is -0.389. The van der Waals surface area contributed by atoms with Crippen molar-refractivity contribution in [3.63, 3.8) is 0 Å². The molecular weight excluding hydrogens is 355 g/mol. The molecule has 0 saturated carbocycles. The van der Waals surface area contributed by atoms with E-state index in [1.54, 1.807) is 0 Å². The summed E-state index contributed by atoms with van der Waals surface area (Å²) in [4.78, 5) is 21.4. The van der Waals surface area contributed by atoms with Crippen molar-refractivity contribution in [2.75, 3.05) is 0 Å². The summed E-state index contributed by atoms with van der Waals surface area (Å²) in [6, 6.07) is 0. The average molecular weight is 393 g/mol. The monoisotopic (exact) mass is 392 g/mol. The summed E-state index contributed by atoms with van der Waals surface area (Å²) in [5.74, 6) is 0.672. The number of carbonyl (C=O) groups excluding carboxylic acids is 2. The van der Waals surface area contributed by atoms with Crippen LogP contribution < -0.4 is 0 Å². The highest BCUT2D eigenvalue weighted by Crippen LogP contribution is 2.20. The normalized spacial score (nSPS) is 12.3. The molecule has 0 aromatic heterocycles. The van der Waals surface area contributed by atoms with Crippen LogP contribution in [0, 0.1) is 5.92 Å². The summed E-state index contributed by atoms with van der Waals surface area (Å²) >= 11 is 10.7. The van der Waals surface area contributed by atoms with E-state index in [0.717, 1.165) is 25.7 Å². The van der Waals surface area contributed by atoms with Crippen molar-refractivity contribution in [2.45, 2.75) is 116 Å². The lowest BCUT2D eigenvalue weighted by Crippen LogP contribution is -2.01. The van der Waals surface area contributed by atoms with Gasteiger partial charge in [-0.15, -0.1) is 0 Å². The fourth-order valence-electron chi connectivity index (χ4n) is 3.33. The van der Waals surface area contributed by atoms with Crippen LogP contribution in [0.3, 0.4) is 0 Å². The van der Waals surface area contributed by atoms with Crippen LogP contribution >= 0.6 is 23.2 Å². The molecule has 0 aromatic carbocycles.